The van der Waals surface area contributed by atoms with Crippen LogP contribution in [-0.2, 0) is 13.0 Å². The van der Waals surface area contributed by atoms with E-state index in [2.05, 4.69) is 67.2 Å². The fraction of sp³-hybridized carbons (Fsp3) is 0.444. The van der Waals surface area contributed by atoms with Gasteiger partial charge in [-0.15, -0.1) is 0 Å². The molecular weight excluding hydrogens is 258 g/mol. The fourth-order valence-corrected chi connectivity index (χ4v) is 2.27. The molecule has 1 aromatic heterocycles. The minimum Gasteiger partial charge on any atom is -0.309 e. The van der Waals surface area contributed by atoms with Crippen LogP contribution in [-0.4, -0.2) is 16.0 Å². The number of nitrogens with one attached hydrogen (secondary N) is 1. The minimum absolute atomic E-state index is 0.462. The summed E-state index contributed by atoms with van der Waals surface area (Å²) in [5.74, 6) is 0.902. The van der Waals surface area contributed by atoms with E-state index in [0.29, 0.717) is 6.04 Å². The van der Waals surface area contributed by atoms with Gasteiger partial charge in [-0.3, -0.25) is 0 Å². The minimum atomic E-state index is 0.462. The monoisotopic (exact) mass is 283 g/mol. The molecule has 0 saturated carbocycles. The zero-order valence-electron chi connectivity index (χ0n) is 13.7. The Morgan fingerprint density at radius 2 is 1.76 bits per heavy atom. The molecule has 0 atom stereocenters. The van der Waals surface area contributed by atoms with Crippen LogP contribution in [0.2, 0.25) is 0 Å². The van der Waals surface area contributed by atoms with Crippen molar-refractivity contribution in [2.24, 2.45) is 0 Å². The van der Waals surface area contributed by atoms with E-state index in [9.17, 15) is 0 Å². The molecule has 0 radical (unpaired) electrons. The number of rotatable bonds is 5. The van der Waals surface area contributed by atoms with Gasteiger partial charge in [-0.2, -0.15) is 0 Å². The van der Waals surface area contributed by atoms with Gasteiger partial charge in [0.2, 0.25) is 0 Å². The molecule has 0 fully saturated rings. The van der Waals surface area contributed by atoms with Crippen molar-refractivity contribution in [2.75, 3.05) is 0 Å². The highest BCUT2D eigenvalue weighted by Gasteiger charge is 2.05. The molecule has 21 heavy (non-hydrogen) atoms. The highest BCUT2D eigenvalue weighted by molar-refractivity contribution is 5.31. The zero-order chi connectivity index (χ0) is 15.4. The lowest BCUT2D eigenvalue weighted by Gasteiger charge is -2.10. The molecule has 0 aliphatic heterocycles. The Kier molecular flexibility index (Phi) is 5.07. The van der Waals surface area contributed by atoms with Gasteiger partial charge in [0, 0.05) is 24.7 Å². The predicted molar refractivity (Wildman–Crippen MR) is 87.5 cm³/mol. The van der Waals surface area contributed by atoms with E-state index in [0.717, 1.165) is 30.2 Å². The first-order valence-corrected chi connectivity index (χ1v) is 7.57. The summed E-state index contributed by atoms with van der Waals surface area (Å²) >= 11 is 0. The van der Waals surface area contributed by atoms with Crippen LogP contribution in [0, 0.1) is 20.8 Å². The third kappa shape index (κ3) is 4.64. The molecular formula is C18H25N3. The van der Waals surface area contributed by atoms with E-state index in [1.807, 2.05) is 6.92 Å². The SMILES string of the molecule is Cc1cc(CNC(C)C)nc(Cc2ccc(C)c(C)c2)n1. The average Bonchev–Trinajstić information content (AvgIpc) is 2.40. The first-order chi connectivity index (χ1) is 9.94. The highest BCUT2D eigenvalue weighted by atomic mass is 14.9. The third-order valence-corrected chi connectivity index (χ3v) is 3.58. The Morgan fingerprint density at radius 3 is 2.43 bits per heavy atom. The van der Waals surface area contributed by atoms with Crippen molar-refractivity contribution < 1.29 is 0 Å². The van der Waals surface area contributed by atoms with Crippen molar-refractivity contribution in [2.45, 2.75) is 53.6 Å². The van der Waals surface area contributed by atoms with Gasteiger partial charge in [0.1, 0.15) is 5.82 Å². The van der Waals surface area contributed by atoms with Crippen LogP contribution in [0.3, 0.4) is 0 Å². The first kappa shape index (κ1) is 15.6. The lowest BCUT2D eigenvalue weighted by molar-refractivity contribution is 0.578. The van der Waals surface area contributed by atoms with E-state index in [1.165, 1.54) is 16.7 Å². The van der Waals surface area contributed by atoms with E-state index >= 15 is 0 Å². The lowest BCUT2D eigenvalue weighted by Crippen LogP contribution is -2.23. The van der Waals surface area contributed by atoms with Gasteiger partial charge in [0.05, 0.1) is 5.69 Å². The smallest absolute Gasteiger partial charge is 0.133 e. The summed E-state index contributed by atoms with van der Waals surface area (Å²) in [7, 11) is 0. The summed E-state index contributed by atoms with van der Waals surface area (Å²) in [6, 6.07) is 9.08. The Hall–Kier alpha value is -1.74. The van der Waals surface area contributed by atoms with Crippen molar-refractivity contribution in [3.8, 4) is 0 Å². The standard InChI is InChI=1S/C18H25N3/c1-12(2)19-11-17-9-15(5)20-18(21-17)10-16-7-6-13(3)14(4)8-16/h6-9,12,19H,10-11H2,1-5H3. The molecule has 0 spiro atoms. The summed E-state index contributed by atoms with van der Waals surface area (Å²) in [4.78, 5) is 9.25. The lowest BCUT2D eigenvalue weighted by atomic mass is 10.0. The maximum atomic E-state index is 4.68. The molecule has 112 valence electrons. The maximum absolute atomic E-state index is 4.68. The molecule has 0 bridgehead atoms. The topological polar surface area (TPSA) is 37.8 Å². The molecule has 3 nitrogen and oxygen atoms in total. The number of hydrogen-bond acceptors (Lipinski definition) is 3. The average molecular weight is 283 g/mol. The summed E-state index contributed by atoms with van der Waals surface area (Å²) in [6.07, 6.45) is 0.789. The van der Waals surface area contributed by atoms with Crippen molar-refractivity contribution >= 4 is 0 Å². The van der Waals surface area contributed by atoms with Crippen LogP contribution < -0.4 is 5.32 Å². The molecule has 1 N–H and O–H groups in total. The van der Waals surface area contributed by atoms with Gasteiger partial charge in [-0.25, -0.2) is 9.97 Å². The Balaban J connectivity index is 2.17. The van der Waals surface area contributed by atoms with Gasteiger partial charge in [0.15, 0.2) is 0 Å². The van der Waals surface area contributed by atoms with Crippen LogP contribution in [0.15, 0.2) is 24.3 Å². The molecule has 0 amide bonds. The second-order valence-electron chi connectivity index (χ2n) is 6.05. The van der Waals surface area contributed by atoms with Crippen molar-refractivity contribution in [1.29, 1.82) is 0 Å². The van der Waals surface area contributed by atoms with Gasteiger partial charge in [0.25, 0.3) is 0 Å². The number of hydrogen-bond donors (Lipinski definition) is 1. The van der Waals surface area contributed by atoms with Crippen LogP contribution in [0.4, 0.5) is 0 Å². The van der Waals surface area contributed by atoms with Crippen LogP contribution in [0.25, 0.3) is 0 Å². The van der Waals surface area contributed by atoms with Crippen LogP contribution in [0.5, 0.6) is 0 Å². The van der Waals surface area contributed by atoms with E-state index in [-0.39, 0.29) is 0 Å². The quantitative estimate of drug-likeness (QED) is 0.912. The molecule has 2 rings (SSSR count). The van der Waals surface area contributed by atoms with Gasteiger partial charge in [-0.1, -0.05) is 32.0 Å². The third-order valence-electron chi connectivity index (χ3n) is 3.58. The first-order valence-electron chi connectivity index (χ1n) is 7.57. The molecule has 1 heterocycles. The number of benzene rings is 1. The maximum Gasteiger partial charge on any atom is 0.133 e. The Labute approximate surface area is 127 Å². The van der Waals surface area contributed by atoms with Crippen LogP contribution >= 0.6 is 0 Å². The zero-order valence-corrected chi connectivity index (χ0v) is 13.7. The molecule has 0 aliphatic rings. The molecule has 0 aliphatic carbocycles. The molecule has 2 aromatic rings. The van der Waals surface area contributed by atoms with Crippen LogP contribution in [0.1, 0.15) is 47.8 Å². The summed E-state index contributed by atoms with van der Waals surface area (Å²) in [5, 5.41) is 3.41. The van der Waals surface area contributed by atoms with Crippen molar-refractivity contribution in [3.63, 3.8) is 0 Å². The van der Waals surface area contributed by atoms with Gasteiger partial charge < -0.3 is 5.32 Å². The number of aryl methyl sites for hydroxylation is 3. The van der Waals surface area contributed by atoms with Crippen molar-refractivity contribution in [1.82, 2.24) is 15.3 Å². The van der Waals surface area contributed by atoms with E-state index in [1.54, 1.807) is 0 Å². The van der Waals surface area contributed by atoms with Crippen molar-refractivity contribution in [3.05, 3.63) is 58.2 Å². The summed E-state index contributed by atoms with van der Waals surface area (Å²) < 4.78 is 0. The Bertz CT molecular complexity index is 618. The largest absolute Gasteiger partial charge is 0.309 e. The number of aromatic nitrogens is 2. The van der Waals surface area contributed by atoms with E-state index < -0.39 is 0 Å². The molecule has 0 unspecified atom stereocenters. The second kappa shape index (κ2) is 6.81. The van der Waals surface area contributed by atoms with E-state index in [4.69, 9.17) is 0 Å². The predicted octanol–water partition coefficient (Wildman–Crippen LogP) is 3.49. The fourth-order valence-electron chi connectivity index (χ4n) is 2.27. The summed E-state index contributed by atoms with van der Waals surface area (Å²) in [5.41, 5.74) is 6.01. The molecule has 3 heteroatoms. The van der Waals surface area contributed by atoms with Gasteiger partial charge in [-0.05, 0) is 43.5 Å². The normalized spacial score (nSPS) is 11.1. The second-order valence-corrected chi connectivity index (χ2v) is 6.05. The molecule has 1 aromatic carbocycles. The molecule has 0 saturated heterocycles. The summed E-state index contributed by atoms with van der Waals surface area (Å²) in [6.45, 7) is 11.4. The van der Waals surface area contributed by atoms with Gasteiger partial charge >= 0.3 is 0 Å². The number of nitrogens with zero attached hydrogens (tertiary/aromatic N) is 2. The highest BCUT2D eigenvalue weighted by Crippen LogP contribution is 2.13. The Morgan fingerprint density at radius 1 is 1.00 bits per heavy atom.